The van der Waals surface area contributed by atoms with Crippen molar-refractivity contribution in [3.8, 4) is 28.7 Å². The van der Waals surface area contributed by atoms with Crippen molar-refractivity contribution in [1.29, 1.82) is 0 Å². The highest BCUT2D eigenvalue weighted by Gasteiger charge is 2.42. The molecule has 0 atom stereocenters. The number of phenols is 1. The van der Waals surface area contributed by atoms with Crippen molar-refractivity contribution in [2.75, 3.05) is 14.2 Å². The molecule has 0 unspecified atom stereocenters. The molecule has 0 spiro atoms. The molecule has 1 N–H and O–H groups in total. The van der Waals surface area contributed by atoms with E-state index in [1.165, 1.54) is 14.2 Å². The van der Waals surface area contributed by atoms with Crippen molar-refractivity contribution in [1.82, 2.24) is 0 Å². The zero-order chi connectivity index (χ0) is 20.4. The molecule has 0 aromatic heterocycles. The van der Waals surface area contributed by atoms with E-state index in [9.17, 15) is 9.90 Å². The lowest BCUT2D eigenvalue weighted by Crippen LogP contribution is -2.24. The van der Waals surface area contributed by atoms with E-state index in [1.54, 1.807) is 13.0 Å². The summed E-state index contributed by atoms with van der Waals surface area (Å²) in [4.78, 5) is 12.4. The third-order valence-corrected chi connectivity index (χ3v) is 5.36. The third-order valence-electron chi connectivity index (χ3n) is 5.36. The molecule has 0 radical (unpaired) electrons. The Balaban J connectivity index is 2.08. The van der Waals surface area contributed by atoms with Crippen LogP contribution in [-0.2, 0) is 4.74 Å². The molecule has 0 amide bonds. The van der Waals surface area contributed by atoms with Gasteiger partial charge >= 0.3 is 5.97 Å². The molecule has 0 aliphatic carbocycles. The van der Waals surface area contributed by atoms with Gasteiger partial charge < -0.3 is 24.1 Å². The number of esters is 1. The van der Waals surface area contributed by atoms with Gasteiger partial charge in [-0.3, -0.25) is 0 Å². The second-order valence-corrected chi connectivity index (χ2v) is 7.50. The number of aryl methyl sites for hydroxylation is 1. The number of ether oxygens (including phenoxy) is 4. The fraction of sp³-hybridized carbons (Fsp3) is 0.318. The third kappa shape index (κ3) is 2.37. The van der Waals surface area contributed by atoms with Crippen LogP contribution in [0.1, 0.15) is 46.5 Å². The van der Waals surface area contributed by atoms with Crippen molar-refractivity contribution in [3.05, 3.63) is 39.9 Å². The highest BCUT2D eigenvalue weighted by atomic mass is 16.5. The number of benzene rings is 2. The monoisotopic (exact) mass is 382 g/mol. The zero-order valence-corrected chi connectivity index (χ0v) is 16.7. The molecule has 2 aliphatic heterocycles. The predicted octanol–water partition coefficient (Wildman–Crippen LogP) is 4.62. The van der Waals surface area contributed by atoms with Crippen LogP contribution in [0.4, 0.5) is 0 Å². The molecule has 6 heteroatoms. The van der Waals surface area contributed by atoms with Gasteiger partial charge in [0.1, 0.15) is 28.4 Å². The number of phenolic OH excluding ortho intramolecular Hbond substituents is 1. The van der Waals surface area contributed by atoms with E-state index in [1.807, 2.05) is 32.9 Å². The van der Waals surface area contributed by atoms with Crippen molar-refractivity contribution < 1.29 is 28.8 Å². The van der Waals surface area contributed by atoms with Gasteiger partial charge in [-0.1, -0.05) is 0 Å². The van der Waals surface area contributed by atoms with E-state index < -0.39 is 11.6 Å². The van der Waals surface area contributed by atoms with E-state index in [0.29, 0.717) is 45.3 Å². The molecule has 2 aromatic carbocycles. The summed E-state index contributed by atoms with van der Waals surface area (Å²) in [5.41, 5.74) is 3.35. The van der Waals surface area contributed by atoms with Crippen molar-refractivity contribution in [2.45, 2.75) is 33.3 Å². The van der Waals surface area contributed by atoms with Crippen molar-refractivity contribution >= 4 is 17.6 Å². The summed E-state index contributed by atoms with van der Waals surface area (Å²) in [6.07, 6.45) is 1.95. The van der Waals surface area contributed by atoms with Crippen molar-refractivity contribution in [3.63, 3.8) is 0 Å². The number of methoxy groups -OCH3 is 2. The molecule has 28 heavy (non-hydrogen) atoms. The lowest BCUT2D eigenvalue weighted by molar-refractivity contribution is 0.0596. The lowest BCUT2D eigenvalue weighted by atomic mass is 9.89. The molecule has 0 bridgehead atoms. The van der Waals surface area contributed by atoms with Gasteiger partial charge in [-0.2, -0.15) is 0 Å². The second kappa shape index (κ2) is 5.92. The fourth-order valence-electron chi connectivity index (χ4n) is 3.87. The minimum atomic E-state index is -0.625. The molecule has 2 aromatic rings. The second-order valence-electron chi connectivity index (χ2n) is 7.50. The minimum Gasteiger partial charge on any atom is -0.504 e. The molecule has 0 saturated carbocycles. The molecule has 4 rings (SSSR count). The number of fused-ring (bicyclic) bond motifs is 1. The maximum absolute atomic E-state index is 12.4. The first kappa shape index (κ1) is 18.2. The number of hydrogen-bond acceptors (Lipinski definition) is 6. The van der Waals surface area contributed by atoms with Crippen LogP contribution in [0, 0.1) is 13.8 Å². The Morgan fingerprint density at radius 1 is 1.14 bits per heavy atom. The molecule has 6 nitrogen and oxygen atoms in total. The number of aromatic hydroxyl groups is 1. The zero-order valence-electron chi connectivity index (χ0n) is 16.7. The summed E-state index contributed by atoms with van der Waals surface area (Å²) in [6, 6.07) is 3.46. The highest BCUT2D eigenvalue weighted by Crippen LogP contribution is 2.57. The summed E-state index contributed by atoms with van der Waals surface area (Å²) in [7, 11) is 2.82. The Morgan fingerprint density at radius 3 is 2.50 bits per heavy atom. The predicted molar refractivity (Wildman–Crippen MR) is 105 cm³/mol. The summed E-state index contributed by atoms with van der Waals surface area (Å²) in [6.45, 7) is 7.53. The first-order chi connectivity index (χ1) is 13.2. The Morgan fingerprint density at radius 2 is 1.86 bits per heavy atom. The summed E-state index contributed by atoms with van der Waals surface area (Å²) in [5.74, 6) is 1.42. The van der Waals surface area contributed by atoms with Gasteiger partial charge in [-0.05, 0) is 51.0 Å². The van der Waals surface area contributed by atoms with Gasteiger partial charge in [0.15, 0.2) is 11.5 Å². The summed E-state index contributed by atoms with van der Waals surface area (Å²) < 4.78 is 22.7. The first-order valence-electron chi connectivity index (χ1n) is 8.95. The molecule has 2 heterocycles. The summed E-state index contributed by atoms with van der Waals surface area (Å²) in [5, 5.41) is 10.7. The molecular weight excluding hydrogens is 360 g/mol. The average molecular weight is 382 g/mol. The van der Waals surface area contributed by atoms with Gasteiger partial charge in [-0.25, -0.2) is 4.79 Å². The number of carbonyl (C=O) groups excluding carboxylic acids is 1. The van der Waals surface area contributed by atoms with E-state index in [-0.39, 0.29) is 5.75 Å². The molecule has 0 fully saturated rings. The van der Waals surface area contributed by atoms with E-state index in [0.717, 1.165) is 11.1 Å². The van der Waals surface area contributed by atoms with Gasteiger partial charge in [0.2, 0.25) is 0 Å². The van der Waals surface area contributed by atoms with E-state index in [2.05, 4.69) is 0 Å². The molecule has 0 saturated heterocycles. The van der Waals surface area contributed by atoms with Crippen LogP contribution in [0.2, 0.25) is 0 Å². The molecule has 146 valence electrons. The van der Waals surface area contributed by atoms with Gasteiger partial charge in [-0.15, -0.1) is 0 Å². The topological polar surface area (TPSA) is 74.2 Å². The van der Waals surface area contributed by atoms with E-state index in [4.69, 9.17) is 18.9 Å². The molecular formula is C22H22O6. The Kier molecular flexibility index (Phi) is 3.86. The maximum Gasteiger partial charge on any atom is 0.341 e. The average Bonchev–Trinajstić information content (AvgIpc) is 2.79. The van der Waals surface area contributed by atoms with Crippen LogP contribution < -0.4 is 14.2 Å². The maximum atomic E-state index is 12.4. The van der Waals surface area contributed by atoms with E-state index >= 15 is 0 Å². The normalized spacial score (nSPS) is 15.4. The SMILES string of the molecule is COC(=O)c1c(OC)cc2c(c1C)C=C1c3c(cc(C)c(O)c3O2)OC1(C)C. The van der Waals surface area contributed by atoms with Gasteiger partial charge in [0, 0.05) is 17.2 Å². The van der Waals surface area contributed by atoms with Gasteiger partial charge in [0.25, 0.3) is 0 Å². The standard InChI is InChI=1S/C22H22O6/c1-10-7-16-18-13(22(3,4)28-16)8-12-11(2)17(21(24)26-6)15(25-5)9-14(12)27-20(18)19(10)23/h7-9,23H,1-6H3. The van der Waals surface area contributed by atoms with Crippen LogP contribution >= 0.6 is 0 Å². The number of carbonyl (C=O) groups is 1. The van der Waals surface area contributed by atoms with Crippen LogP contribution in [0.25, 0.3) is 11.6 Å². The Bertz CT molecular complexity index is 1060. The van der Waals surface area contributed by atoms with Crippen LogP contribution in [0.15, 0.2) is 12.1 Å². The Labute approximate surface area is 163 Å². The van der Waals surface area contributed by atoms with Crippen LogP contribution in [-0.4, -0.2) is 30.9 Å². The number of hydrogen-bond donors (Lipinski definition) is 1. The highest BCUT2D eigenvalue weighted by molar-refractivity contribution is 6.01. The Hall–Kier alpha value is -3.15. The smallest absolute Gasteiger partial charge is 0.341 e. The summed E-state index contributed by atoms with van der Waals surface area (Å²) >= 11 is 0. The van der Waals surface area contributed by atoms with Crippen LogP contribution in [0.5, 0.6) is 28.7 Å². The number of rotatable bonds is 2. The minimum absolute atomic E-state index is 0.0625. The van der Waals surface area contributed by atoms with Gasteiger partial charge in [0.05, 0.1) is 19.8 Å². The lowest BCUT2D eigenvalue weighted by Gasteiger charge is -2.21. The fourth-order valence-corrected chi connectivity index (χ4v) is 3.87. The first-order valence-corrected chi connectivity index (χ1v) is 8.95. The largest absolute Gasteiger partial charge is 0.504 e. The van der Waals surface area contributed by atoms with Crippen LogP contribution in [0.3, 0.4) is 0 Å². The van der Waals surface area contributed by atoms with Crippen molar-refractivity contribution in [2.24, 2.45) is 0 Å². The molecule has 2 aliphatic rings. The quantitative estimate of drug-likeness (QED) is 0.764.